The molecule has 2 unspecified atom stereocenters. The van der Waals surface area contributed by atoms with Crippen molar-refractivity contribution in [2.45, 2.75) is 51.4 Å². The molecule has 2 aliphatic rings. The number of aromatic nitrogens is 3. The first-order valence-electron chi connectivity index (χ1n) is 21.6. The van der Waals surface area contributed by atoms with Crippen molar-refractivity contribution in [3.05, 3.63) is 223 Å². The number of fused-ring (bicyclic) bond motifs is 9. The van der Waals surface area contributed by atoms with Crippen LogP contribution in [0.4, 0.5) is 0 Å². The van der Waals surface area contributed by atoms with Gasteiger partial charge in [0.15, 0.2) is 5.82 Å². The Morgan fingerprint density at radius 1 is 0.770 bits per heavy atom. The van der Waals surface area contributed by atoms with E-state index in [4.69, 9.17) is 9.97 Å². The van der Waals surface area contributed by atoms with Gasteiger partial charge in [0.1, 0.15) is 0 Å². The van der Waals surface area contributed by atoms with Gasteiger partial charge in [-0.2, -0.15) is 0 Å². The summed E-state index contributed by atoms with van der Waals surface area (Å²) < 4.78 is 2.46. The van der Waals surface area contributed by atoms with Crippen LogP contribution >= 0.6 is 0 Å². The Balaban J connectivity index is 1.38. The molecule has 2 aromatic heterocycles. The maximum Gasteiger partial charge on any atom is 0.159 e. The summed E-state index contributed by atoms with van der Waals surface area (Å²) in [7, 11) is 0. The van der Waals surface area contributed by atoms with E-state index < -0.39 is 5.41 Å². The van der Waals surface area contributed by atoms with Crippen molar-refractivity contribution in [1.82, 2.24) is 14.5 Å². The Hall–Kier alpha value is -7.10. The first-order valence-corrected chi connectivity index (χ1v) is 21.6. The molecule has 0 bridgehead atoms. The van der Waals surface area contributed by atoms with Crippen LogP contribution in [-0.4, -0.2) is 14.5 Å². The Morgan fingerprint density at radius 2 is 1.52 bits per heavy atom. The van der Waals surface area contributed by atoms with Gasteiger partial charge >= 0.3 is 0 Å². The largest absolute Gasteiger partial charge is 0.306 e. The van der Waals surface area contributed by atoms with E-state index in [1.165, 1.54) is 65.7 Å². The van der Waals surface area contributed by atoms with Crippen LogP contribution < -0.4 is 0 Å². The molecule has 2 heterocycles. The SMILES string of the molecule is C=CCC/C(=C\C)C1(C(/C=C\C)=C/C=C\C)c2cc3c4cc5ccccc5cc4n(-c4cnc(-c5ccccc5)nc4C4C=CC=CC4)c3cc2-c2ccc3ccccc3c21. The van der Waals surface area contributed by atoms with E-state index in [2.05, 4.69) is 214 Å². The van der Waals surface area contributed by atoms with E-state index in [1.807, 2.05) is 6.07 Å². The molecule has 0 N–H and O–H groups in total. The van der Waals surface area contributed by atoms with Crippen LogP contribution in [0.15, 0.2) is 206 Å². The number of rotatable bonds is 10. The van der Waals surface area contributed by atoms with Crippen LogP contribution in [0.1, 0.15) is 62.8 Å². The lowest BCUT2D eigenvalue weighted by Gasteiger charge is -2.37. The van der Waals surface area contributed by atoms with Crippen molar-refractivity contribution < 1.29 is 0 Å². The van der Waals surface area contributed by atoms with Crippen LogP contribution in [0.25, 0.3) is 71.6 Å². The van der Waals surface area contributed by atoms with Gasteiger partial charge in [0, 0.05) is 22.3 Å². The molecule has 6 aromatic carbocycles. The summed E-state index contributed by atoms with van der Waals surface area (Å²) in [5.74, 6) is 0.831. The standard InChI is InChI=1S/C58H49N3/c1-5-9-29-44(8-4)58(45(21-7-3)30-10-6-2)51-36-50-49-34-42-27-17-18-28-43(42)35-52(49)61(53(50)37-48(51)47-33-32-39-22-19-20-31-46(39)55(47)58)54-38-59-57(41-25-15-12-16-26-41)60-56(54)40-23-13-11-14-24-40/h5-8,10-23,25-28,30-38,40H,1,9,24,29H2,2-4H3/b10-6-,21-7-,44-8+,45-30+. The molecule has 296 valence electrons. The molecule has 0 spiro atoms. The Morgan fingerprint density at radius 3 is 2.28 bits per heavy atom. The van der Waals surface area contributed by atoms with Crippen molar-refractivity contribution in [1.29, 1.82) is 0 Å². The van der Waals surface area contributed by atoms with Crippen molar-refractivity contribution >= 4 is 43.4 Å². The van der Waals surface area contributed by atoms with E-state index >= 15 is 0 Å². The highest BCUT2D eigenvalue weighted by molar-refractivity contribution is 6.16. The second kappa shape index (κ2) is 15.8. The molecule has 0 aliphatic heterocycles. The zero-order chi connectivity index (χ0) is 41.5. The summed E-state index contributed by atoms with van der Waals surface area (Å²) in [5, 5.41) is 7.35. The average molecular weight is 788 g/mol. The van der Waals surface area contributed by atoms with Crippen LogP contribution in [0.2, 0.25) is 0 Å². The van der Waals surface area contributed by atoms with Gasteiger partial charge in [0.05, 0.1) is 34.0 Å². The molecule has 10 rings (SSSR count). The summed E-state index contributed by atoms with van der Waals surface area (Å²) in [6.45, 7) is 10.7. The Kier molecular flexibility index (Phi) is 9.89. The third kappa shape index (κ3) is 6.10. The lowest BCUT2D eigenvalue weighted by molar-refractivity contribution is 0.700. The highest BCUT2D eigenvalue weighted by atomic mass is 15.0. The Bertz CT molecular complexity index is 3220. The molecule has 3 nitrogen and oxygen atoms in total. The molecule has 2 aliphatic carbocycles. The minimum Gasteiger partial charge on any atom is -0.306 e. The van der Waals surface area contributed by atoms with Crippen LogP contribution in [-0.2, 0) is 5.41 Å². The van der Waals surface area contributed by atoms with Gasteiger partial charge in [-0.15, -0.1) is 6.58 Å². The molecule has 0 amide bonds. The van der Waals surface area contributed by atoms with Crippen LogP contribution in [0, 0.1) is 0 Å². The summed E-state index contributed by atoms with van der Waals surface area (Å²) in [5.41, 5.74) is 12.5. The first kappa shape index (κ1) is 38.1. The summed E-state index contributed by atoms with van der Waals surface area (Å²) in [4.78, 5) is 10.6. The van der Waals surface area contributed by atoms with E-state index in [9.17, 15) is 0 Å². The number of hydrogen-bond acceptors (Lipinski definition) is 2. The predicted molar refractivity (Wildman–Crippen MR) is 260 cm³/mol. The minimum absolute atomic E-state index is 0.0924. The predicted octanol–water partition coefficient (Wildman–Crippen LogP) is 15.4. The van der Waals surface area contributed by atoms with E-state index in [0.717, 1.165) is 53.1 Å². The maximum absolute atomic E-state index is 5.45. The Labute approximate surface area is 358 Å². The van der Waals surface area contributed by atoms with Gasteiger partial charge < -0.3 is 4.57 Å². The van der Waals surface area contributed by atoms with Gasteiger partial charge in [-0.3, -0.25) is 0 Å². The quantitative estimate of drug-likeness (QED) is 0.102. The number of benzene rings is 6. The zero-order valence-electron chi connectivity index (χ0n) is 35.1. The molecular weight excluding hydrogens is 739 g/mol. The normalized spacial score (nSPS) is 17.7. The lowest BCUT2D eigenvalue weighted by Crippen LogP contribution is -2.30. The fourth-order valence-electron chi connectivity index (χ4n) is 10.2. The topological polar surface area (TPSA) is 30.7 Å². The minimum atomic E-state index is -0.570. The molecule has 0 radical (unpaired) electrons. The van der Waals surface area contributed by atoms with Gasteiger partial charge in [0.2, 0.25) is 0 Å². The van der Waals surface area contributed by atoms with Crippen molar-refractivity contribution in [2.24, 2.45) is 0 Å². The van der Waals surface area contributed by atoms with Crippen molar-refractivity contribution in [2.75, 3.05) is 0 Å². The smallest absolute Gasteiger partial charge is 0.159 e. The van der Waals surface area contributed by atoms with Crippen LogP contribution in [0.5, 0.6) is 0 Å². The number of allylic oxidation sites excluding steroid dienone is 13. The van der Waals surface area contributed by atoms with Gasteiger partial charge in [-0.05, 0) is 114 Å². The highest BCUT2D eigenvalue weighted by Crippen LogP contribution is 2.61. The third-order valence-corrected chi connectivity index (χ3v) is 12.9. The fraction of sp³-hybridized carbons (Fsp3) is 0.138. The monoisotopic (exact) mass is 787 g/mol. The summed E-state index contributed by atoms with van der Waals surface area (Å²) in [6.07, 6.45) is 29.2. The molecule has 61 heavy (non-hydrogen) atoms. The second-order valence-electron chi connectivity index (χ2n) is 16.2. The van der Waals surface area contributed by atoms with E-state index in [-0.39, 0.29) is 5.92 Å². The fourth-order valence-corrected chi connectivity index (χ4v) is 10.2. The molecule has 0 fully saturated rings. The van der Waals surface area contributed by atoms with Gasteiger partial charge in [-0.1, -0.05) is 163 Å². The third-order valence-electron chi connectivity index (χ3n) is 12.9. The zero-order valence-corrected chi connectivity index (χ0v) is 35.1. The summed E-state index contributed by atoms with van der Waals surface area (Å²) in [6, 6.07) is 42.5. The van der Waals surface area contributed by atoms with Crippen molar-refractivity contribution in [3.8, 4) is 28.2 Å². The lowest BCUT2D eigenvalue weighted by atomic mass is 9.64. The molecule has 0 saturated carbocycles. The van der Waals surface area contributed by atoms with Crippen LogP contribution in [0.3, 0.4) is 0 Å². The number of nitrogens with zero attached hydrogens (tertiary/aromatic N) is 3. The molecule has 0 saturated heterocycles. The van der Waals surface area contributed by atoms with Gasteiger partial charge in [-0.25, -0.2) is 9.97 Å². The van der Waals surface area contributed by atoms with Gasteiger partial charge in [0.25, 0.3) is 0 Å². The van der Waals surface area contributed by atoms with E-state index in [0.29, 0.717) is 0 Å². The highest BCUT2D eigenvalue weighted by Gasteiger charge is 2.49. The van der Waals surface area contributed by atoms with E-state index in [1.54, 1.807) is 0 Å². The maximum atomic E-state index is 5.45. The average Bonchev–Trinajstić information content (AvgIpc) is 3.78. The number of hydrogen-bond donors (Lipinski definition) is 0. The summed E-state index contributed by atoms with van der Waals surface area (Å²) >= 11 is 0. The molecule has 3 heteroatoms. The molecule has 8 aromatic rings. The molecular formula is C58H49N3. The molecule has 2 atom stereocenters. The van der Waals surface area contributed by atoms with Crippen molar-refractivity contribution in [3.63, 3.8) is 0 Å². The first-order chi connectivity index (χ1) is 30.1. The second-order valence-corrected chi connectivity index (χ2v) is 16.2.